The average Bonchev–Trinajstić information content (AvgIpc) is 2.47. The van der Waals surface area contributed by atoms with Gasteiger partial charge in [-0.3, -0.25) is 9.59 Å². The highest BCUT2D eigenvalue weighted by atomic mass is 19.1. The summed E-state index contributed by atoms with van der Waals surface area (Å²) < 4.78 is 22.9. The van der Waals surface area contributed by atoms with Gasteiger partial charge in [-0.25, -0.2) is 4.39 Å². The van der Waals surface area contributed by atoms with Crippen molar-refractivity contribution < 1.29 is 23.5 Å². The third-order valence-corrected chi connectivity index (χ3v) is 3.10. The van der Waals surface area contributed by atoms with E-state index in [1.807, 2.05) is 0 Å². The van der Waals surface area contributed by atoms with E-state index in [9.17, 15) is 14.0 Å². The highest BCUT2D eigenvalue weighted by Gasteiger charge is 2.12. The minimum Gasteiger partial charge on any atom is -0.494 e. The molecule has 21 heavy (non-hydrogen) atoms. The SMILES string of the molecule is COC(=O)CCCN(C)C(=O)Cc1ccc(OC)c(F)c1. The topological polar surface area (TPSA) is 55.8 Å². The zero-order valence-corrected chi connectivity index (χ0v) is 12.5. The molecule has 0 aliphatic rings. The van der Waals surface area contributed by atoms with Crippen molar-refractivity contribution in [3.05, 3.63) is 29.6 Å². The first-order valence-electron chi connectivity index (χ1n) is 6.61. The average molecular weight is 297 g/mol. The lowest BCUT2D eigenvalue weighted by Crippen LogP contribution is -2.29. The maximum absolute atomic E-state index is 13.5. The first kappa shape index (κ1) is 16.9. The number of amides is 1. The molecule has 0 heterocycles. The summed E-state index contributed by atoms with van der Waals surface area (Å²) in [5.74, 6) is -0.772. The highest BCUT2D eigenvalue weighted by molar-refractivity contribution is 5.78. The van der Waals surface area contributed by atoms with Gasteiger partial charge in [-0.15, -0.1) is 0 Å². The molecule has 1 aromatic carbocycles. The molecule has 0 aliphatic carbocycles. The van der Waals surface area contributed by atoms with Crippen molar-refractivity contribution in [2.24, 2.45) is 0 Å². The number of carbonyl (C=O) groups is 2. The van der Waals surface area contributed by atoms with E-state index >= 15 is 0 Å². The van der Waals surface area contributed by atoms with E-state index in [4.69, 9.17) is 4.74 Å². The standard InChI is InChI=1S/C15H20FNO4/c1-17(8-4-5-15(19)21-3)14(18)10-11-6-7-13(20-2)12(16)9-11/h6-7,9H,4-5,8,10H2,1-3H3. The molecular formula is C15H20FNO4. The minimum absolute atomic E-state index is 0.107. The van der Waals surface area contributed by atoms with E-state index in [-0.39, 0.29) is 30.5 Å². The number of halogens is 1. The van der Waals surface area contributed by atoms with E-state index in [2.05, 4.69) is 4.74 Å². The molecule has 0 aromatic heterocycles. The third kappa shape index (κ3) is 5.41. The van der Waals surface area contributed by atoms with Gasteiger partial charge < -0.3 is 14.4 Å². The molecule has 0 fully saturated rings. The van der Waals surface area contributed by atoms with Crippen LogP contribution in [-0.4, -0.2) is 44.6 Å². The van der Waals surface area contributed by atoms with Crippen molar-refractivity contribution in [1.29, 1.82) is 0 Å². The summed E-state index contributed by atoms with van der Waals surface area (Å²) in [4.78, 5) is 24.5. The Kier molecular flexibility index (Phi) is 6.65. The number of benzene rings is 1. The van der Waals surface area contributed by atoms with Crippen molar-refractivity contribution in [2.75, 3.05) is 27.8 Å². The van der Waals surface area contributed by atoms with Crippen molar-refractivity contribution >= 4 is 11.9 Å². The van der Waals surface area contributed by atoms with Gasteiger partial charge in [0.1, 0.15) is 0 Å². The van der Waals surface area contributed by atoms with E-state index in [0.29, 0.717) is 18.5 Å². The van der Waals surface area contributed by atoms with E-state index in [1.165, 1.54) is 31.3 Å². The number of hydrogen-bond donors (Lipinski definition) is 0. The number of methoxy groups -OCH3 is 2. The molecule has 1 rings (SSSR count). The summed E-state index contributed by atoms with van der Waals surface area (Å²) >= 11 is 0. The normalized spacial score (nSPS) is 10.1. The predicted octanol–water partition coefficient (Wildman–Crippen LogP) is 1.79. The van der Waals surface area contributed by atoms with Crippen molar-refractivity contribution in [3.63, 3.8) is 0 Å². The van der Waals surface area contributed by atoms with E-state index in [1.54, 1.807) is 13.1 Å². The fourth-order valence-electron chi connectivity index (χ4n) is 1.82. The van der Waals surface area contributed by atoms with Gasteiger partial charge >= 0.3 is 5.97 Å². The Hall–Kier alpha value is -2.11. The molecule has 6 heteroatoms. The molecular weight excluding hydrogens is 277 g/mol. The lowest BCUT2D eigenvalue weighted by atomic mass is 10.1. The van der Waals surface area contributed by atoms with Crippen molar-refractivity contribution in [3.8, 4) is 5.75 Å². The van der Waals surface area contributed by atoms with E-state index in [0.717, 1.165) is 0 Å². The summed E-state index contributed by atoms with van der Waals surface area (Å²) in [6.45, 7) is 0.451. The Morgan fingerprint density at radius 1 is 1.29 bits per heavy atom. The molecule has 1 aromatic rings. The molecule has 0 aliphatic heterocycles. The first-order valence-corrected chi connectivity index (χ1v) is 6.61. The van der Waals surface area contributed by atoms with Crippen LogP contribution in [0.1, 0.15) is 18.4 Å². The van der Waals surface area contributed by atoms with Crippen LogP contribution in [0, 0.1) is 5.82 Å². The summed E-state index contributed by atoms with van der Waals surface area (Å²) in [6.07, 6.45) is 0.910. The van der Waals surface area contributed by atoms with Crippen LogP contribution in [0.4, 0.5) is 4.39 Å². The fourth-order valence-corrected chi connectivity index (χ4v) is 1.82. The van der Waals surface area contributed by atoms with Crippen LogP contribution in [-0.2, 0) is 20.7 Å². The summed E-state index contributed by atoms with van der Waals surface area (Å²) in [6, 6.07) is 4.44. The van der Waals surface area contributed by atoms with Gasteiger partial charge in [0, 0.05) is 20.0 Å². The monoisotopic (exact) mass is 297 g/mol. The smallest absolute Gasteiger partial charge is 0.305 e. The zero-order chi connectivity index (χ0) is 15.8. The molecule has 0 spiro atoms. The Bertz CT molecular complexity index is 504. The zero-order valence-electron chi connectivity index (χ0n) is 12.5. The second-order valence-corrected chi connectivity index (χ2v) is 4.64. The molecule has 0 saturated heterocycles. The van der Waals surface area contributed by atoms with Crippen molar-refractivity contribution in [1.82, 2.24) is 4.90 Å². The van der Waals surface area contributed by atoms with Crippen LogP contribution in [0.15, 0.2) is 18.2 Å². The van der Waals surface area contributed by atoms with Gasteiger partial charge in [0.25, 0.3) is 0 Å². The largest absolute Gasteiger partial charge is 0.494 e. The van der Waals surface area contributed by atoms with Gasteiger partial charge in [0.05, 0.1) is 20.6 Å². The van der Waals surface area contributed by atoms with Gasteiger partial charge in [0.2, 0.25) is 5.91 Å². The lowest BCUT2D eigenvalue weighted by molar-refractivity contribution is -0.141. The fraction of sp³-hybridized carbons (Fsp3) is 0.467. The molecule has 0 unspecified atom stereocenters. The van der Waals surface area contributed by atoms with Crippen LogP contribution in [0.25, 0.3) is 0 Å². The van der Waals surface area contributed by atoms with Crippen LogP contribution >= 0.6 is 0 Å². The number of likely N-dealkylation sites (N-methyl/N-ethyl adjacent to an activating group) is 1. The van der Waals surface area contributed by atoms with Gasteiger partial charge in [-0.1, -0.05) is 6.07 Å². The summed E-state index contributed by atoms with van der Waals surface area (Å²) in [7, 11) is 4.37. The first-order chi connectivity index (χ1) is 9.97. The molecule has 5 nitrogen and oxygen atoms in total. The predicted molar refractivity (Wildman–Crippen MR) is 75.5 cm³/mol. The van der Waals surface area contributed by atoms with Crippen molar-refractivity contribution in [2.45, 2.75) is 19.3 Å². The quantitative estimate of drug-likeness (QED) is 0.720. The molecule has 1 amide bonds. The molecule has 0 N–H and O–H groups in total. The number of rotatable bonds is 7. The van der Waals surface area contributed by atoms with Crippen LogP contribution < -0.4 is 4.74 Å². The second-order valence-electron chi connectivity index (χ2n) is 4.64. The minimum atomic E-state index is -0.490. The number of carbonyl (C=O) groups excluding carboxylic acids is 2. The number of esters is 1. The highest BCUT2D eigenvalue weighted by Crippen LogP contribution is 2.18. The Balaban J connectivity index is 2.48. The van der Waals surface area contributed by atoms with Gasteiger partial charge in [-0.2, -0.15) is 0 Å². The van der Waals surface area contributed by atoms with E-state index < -0.39 is 5.82 Å². The molecule has 0 saturated carbocycles. The van der Waals surface area contributed by atoms with Gasteiger partial charge in [0.15, 0.2) is 11.6 Å². The Morgan fingerprint density at radius 2 is 2.00 bits per heavy atom. The molecule has 116 valence electrons. The Labute approximate surface area is 123 Å². The maximum Gasteiger partial charge on any atom is 0.305 e. The third-order valence-electron chi connectivity index (χ3n) is 3.10. The number of ether oxygens (including phenoxy) is 2. The van der Waals surface area contributed by atoms with Crippen LogP contribution in [0.2, 0.25) is 0 Å². The summed E-state index contributed by atoms with van der Waals surface area (Å²) in [5, 5.41) is 0. The number of nitrogens with zero attached hydrogens (tertiary/aromatic N) is 1. The molecule has 0 atom stereocenters. The maximum atomic E-state index is 13.5. The lowest BCUT2D eigenvalue weighted by Gasteiger charge is -2.17. The Morgan fingerprint density at radius 3 is 2.57 bits per heavy atom. The van der Waals surface area contributed by atoms with Crippen LogP contribution in [0.5, 0.6) is 5.75 Å². The molecule has 0 radical (unpaired) electrons. The van der Waals surface area contributed by atoms with Crippen LogP contribution in [0.3, 0.4) is 0 Å². The van der Waals surface area contributed by atoms with Gasteiger partial charge in [-0.05, 0) is 24.1 Å². The second kappa shape index (κ2) is 8.24. The molecule has 0 bridgehead atoms. The number of hydrogen-bond acceptors (Lipinski definition) is 4. The summed E-state index contributed by atoms with van der Waals surface area (Å²) in [5.41, 5.74) is 0.582.